The normalized spacial score (nSPS) is 22.7. The maximum Gasteiger partial charge on any atom is 0.408 e. The standard InChI is InChI=1S/C35H48N4O9/c1-7-46-32(42)35(5)20-23(35)10-8-16-45-17-9-11-27(38-33(43)48-34(2,3)4)31(41)39-21-25(19-28(39)29(36)40)47-30-26-13-12-24(44-6)18-22(26)14-15-37-30/h8,10,12-15,18,23,25,27-28H,7,9,11,16-17,19-21H2,1-6H3,(H2,36,40)(H,38,43)/b10-8-/t23-,25-,27+,28?,35+/m1/s1. The van der Waals surface area contributed by atoms with Gasteiger partial charge in [0.15, 0.2) is 0 Å². The highest BCUT2D eigenvalue weighted by Crippen LogP contribution is 2.53. The van der Waals surface area contributed by atoms with Gasteiger partial charge in [-0.2, -0.15) is 0 Å². The summed E-state index contributed by atoms with van der Waals surface area (Å²) in [5, 5.41) is 4.29. The van der Waals surface area contributed by atoms with E-state index in [0.717, 1.165) is 17.2 Å². The zero-order valence-electron chi connectivity index (χ0n) is 28.7. The van der Waals surface area contributed by atoms with Crippen LogP contribution in [0.1, 0.15) is 60.3 Å². The van der Waals surface area contributed by atoms with Crippen molar-refractivity contribution in [3.8, 4) is 11.6 Å². The van der Waals surface area contributed by atoms with E-state index in [1.54, 1.807) is 47.1 Å². The average Bonchev–Trinajstić information content (AvgIpc) is 3.50. The van der Waals surface area contributed by atoms with E-state index in [1.165, 1.54) is 4.90 Å². The summed E-state index contributed by atoms with van der Waals surface area (Å²) >= 11 is 0. The van der Waals surface area contributed by atoms with Gasteiger partial charge in [0.05, 0.1) is 32.3 Å². The van der Waals surface area contributed by atoms with Crippen LogP contribution in [0.4, 0.5) is 4.79 Å². The van der Waals surface area contributed by atoms with Gasteiger partial charge in [-0.05, 0) is 89.5 Å². The van der Waals surface area contributed by atoms with Gasteiger partial charge in [-0.3, -0.25) is 14.4 Å². The molecule has 13 nitrogen and oxygen atoms in total. The summed E-state index contributed by atoms with van der Waals surface area (Å²) in [6, 6.07) is 5.40. The lowest BCUT2D eigenvalue weighted by Crippen LogP contribution is -2.53. The van der Waals surface area contributed by atoms with Gasteiger partial charge in [0, 0.05) is 24.6 Å². The van der Waals surface area contributed by atoms with Gasteiger partial charge in [0.25, 0.3) is 0 Å². The Bertz CT molecular complexity index is 1510. The molecule has 1 saturated heterocycles. The van der Waals surface area contributed by atoms with Crippen LogP contribution in [0.2, 0.25) is 0 Å². The largest absolute Gasteiger partial charge is 0.497 e. The van der Waals surface area contributed by atoms with E-state index in [1.807, 2.05) is 37.3 Å². The number of aromatic nitrogens is 1. The first kappa shape index (κ1) is 36.4. The second-order valence-electron chi connectivity index (χ2n) is 13.4. The molecule has 0 radical (unpaired) electrons. The molecule has 1 unspecified atom stereocenters. The number of methoxy groups -OCH3 is 1. The number of pyridine rings is 1. The molecule has 2 aromatic rings. The van der Waals surface area contributed by atoms with Crippen LogP contribution in [0, 0.1) is 11.3 Å². The van der Waals surface area contributed by atoms with E-state index < -0.39 is 47.1 Å². The fourth-order valence-electron chi connectivity index (χ4n) is 5.78. The van der Waals surface area contributed by atoms with Gasteiger partial charge in [0.1, 0.15) is 29.5 Å². The molecule has 1 aliphatic carbocycles. The number of ether oxygens (including phenoxy) is 5. The molecule has 13 heteroatoms. The molecule has 1 aliphatic heterocycles. The van der Waals surface area contributed by atoms with Crippen LogP contribution in [0.5, 0.6) is 11.6 Å². The monoisotopic (exact) mass is 668 g/mol. The molecule has 3 amide bonds. The Morgan fingerprint density at radius 2 is 1.98 bits per heavy atom. The number of esters is 1. The summed E-state index contributed by atoms with van der Waals surface area (Å²) < 4.78 is 27.9. The maximum atomic E-state index is 13.9. The van der Waals surface area contributed by atoms with E-state index in [2.05, 4.69) is 10.3 Å². The molecule has 4 rings (SSSR count). The number of nitrogens with two attached hydrogens (primary N) is 1. The van der Waals surface area contributed by atoms with Gasteiger partial charge in [-0.15, -0.1) is 0 Å². The Morgan fingerprint density at radius 1 is 1.21 bits per heavy atom. The molecule has 1 saturated carbocycles. The van der Waals surface area contributed by atoms with Crippen LogP contribution in [0.15, 0.2) is 42.6 Å². The van der Waals surface area contributed by atoms with Crippen LogP contribution >= 0.6 is 0 Å². The Hall–Kier alpha value is -4.39. The van der Waals surface area contributed by atoms with Crippen LogP contribution in [-0.4, -0.2) is 91.0 Å². The van der Waals surface area contributed by atoms with Crippen LogP contribution in [0.25, 0.3) is 10.8 Å². The molecule has 1 aromatic carbocycles. The molecule has 2 fully saturated rings. The lowest BCUT2D eigenvalue weighted by molar-refractivity contribution is -0.149. The number of amides is 3. The van der Waals surface area contributed by atoms with Gasteiger partial charge in [-0.25, -0.2) is 9.78 Å². The fourth-order valence-corrected chi connectivity index (χ4v) is 5.78. The maximum absolute atomic E-state index is 13.9. The van der Waals surface area contributed by atoms with Crippen LogP contribution in [0.3, 0.4) is 0 Å². The number of carbonyl (C=O) groups is 4. The van der Waals surface area contributed by atoms with Crippen molar-refractivity contribution in [1.82, 2.24) is 15.2 Å². The SMILES string of the molecule is CCOC(=O)[C@@]1(C)C[C@H]1/C=C\COCCC[C@H](NC(=O)OC(C)(C)C)C(=O)N1C[C@H](Oc2nccc3cc(OC)ccc23)CC1C(N)=O. The highest BCUT2D eigenvalue weighted by molar-refractivity contribution is 5.92. The molecule has 262 valence electrons. The number of alkyl carbamates (subject to hydrolysis) is 1. The van der Waals surface area contributed by atoms with Crippen molar-refractivity contribution in [3.63, 3.8) is 0 Å². The van der Waals surface area contributed by atoms with Crippen molar-refractivity contribution < 1.29 is 42.9 Å². The number of primary amides is 1. The minimum atomic E-state index is -1.00. The first-order valence-corrected chi connectivity index (χ1v) is 16.4. The third-order valence-corrected chi connectivity index (χ3v) is 8.48. The number of nitrogens with one attached hydrogen (secondary N) is 1. The molecular weight excluding hydrogens is 620 g/mol. The van der Waals surface area contributed by atoms with Gasteiger partial charge < -0.3 is 39.6 Å². The number of fused-ring (bicyclic) bond motifs is 1. The predicted molar refractivity (Wildman–Crippen MR) is 177 cm³/mol. The first-order chi connectivity index (χ1) is 22.8. The molecule has 1 aromatic heterocycles. The van der Waals surface area contributed by atoms with E-state index >= 15 is 0 Å². The van der Waals surface area contributed by atoms with Crippen molar-refractivity contribution in [2.75, 3.05) is 33.5 Å². The number of nitrogens with zero attached hydrogens (tertiary/aromatic N) is 2. The molecule has 2 heterocycles. The molecule has 0 bridgehead atoms. The lowest BCUT2D eigenvalue weighted by atomic mass is 10.1. The topological polar surface area (TPSA) is 169 Å². The Labute approximate surface area is 281 Å². The third kappa shape index (κ3) is 9.36. The van der Waals surface area contributed by atoms with Gasteiger partial charge >= 0.3 is 12.1 Å². The Kier molecular flexibility index (Phi) is 11.9. The summed E-state index contributed by atoms with van der Waals surface area (Å²) in [5.74, 6) is -0.168. The summed E-state index contributed by atoms with van der Waals surface area (Å²) in [5.41, 5.74) is 4.49. The summed E-state index contributed by atoms with van der Waals surface area (Å²) in [7, 11) is 1.59. The van der Waals surface area contributed by atoms with Crippen LogP contribution in [-0.2, 0) is 28.6 Å². The number of carbonyl (C=O) groups excluding carboxylic acids is 4. The van der Waals surface area contributed by atoms with Gasteiger partial charge in [0.2, 0.25) is 17.7 Å². The quantitative estimate of drug-likeness (QED) is 0.161. The summed E-state index contributed by atoms with van der Waals surface area (Å²) in [4.78, 5) is 57.1. The number of allylic oxidation sites excluding steroid dienone is 1. The van der Waals surface area contributed by atoms with E-state index in [4.69, 9.17) is 29.4 Å². The molecule has 48 heavy (non-hydrogen) atoms. The highest BCUT2D eigenvalue weighted by Gasteiger charge is 2.55. The summed E-state index contributed by atoms with van der Waals surface area (Å²) in [6.07, 6.45) is 5.70. The molecule has 0 spiro atoms. The van der Waals surface area contributed by atoms with Crippen molar-refractivity contribution >= 4 is 34.6 Å². The zero-order chi connectivity index (χ0) is 35.1. The molecule has 3 N–H and O–H groups in total. The lowest BCUT2D eigenvalue weighted by Gasteiger charge is -2.28. The van der Waals surface area contributed by atoms with Crippen molar-refractivity contribution in [2.45, 2.75) is 84.1 Å². The average molecular weight is 669 g/mol. The van der Waals surface area contributed by atoms with E-state index in [0.29, 0.717) is 37.9 Å². The van der Waals surface area contributed by atoms with Gasteiger partial charge in [-0.1, -0.05) is 12.2 Å². The minimum absolute atomic E-state index is 0.0698. The number of hydrogen-bond donors (Lipinski definition) is 2. The van der Waals surface area contributed by atoms with Crippen molar-refractivity contribution in [2.24, 2.45) is 17.1 Å². The summed E-state index contributed by atoms with van der Waals surface area (Å²) in [6.45, 7) is 9.93. The first-order valence-electron chi connectivity index (χ1n) is 16.4. The van der Waals surface area contributed by atoms with Crippen LogP contribution < -0.4 is 20.5 Å². The van der Waals surface area contributed by atoms with E-state index in [-0.39, 0.29) is 31.3 Å². The Balaban J connectivity index is 1.38. The number of hydrogen-bond acceptors (Lipinski definition) is 10. The van der Waals surface area contributed by atoms with E-state index in [9.17, 15) is 19.2 Å². The second-order valence-corrected chi connectivity index (χ2v) is 13.4. The number of rotatable bonds is 15. The minimum Gasteiger partial charge on any atom is -0.497 e. The predicted octanol–water partition coefficient (Wildman–Crippen LogP) is 3.91. The van der Waals surface area contributed by atoms with Crippen molar-refractivity contribution in [1.29, 1.82) is 0 Å². The fraction of sp³-hybridized carbons (Fsp3) is 0.571. The molecular formula is C35H48N4O9. The Morgan fingerprint density at radius 3 is 2.67 bits per heavy atom. The molecule has 2 aliphatic rings. The van der Waals surface area contributed by atoms with Crippen molar-refractivity contribution in [3.05, 3.63) is 42.6 Å². The zero-order valence-corrected chi connectivity index (χ0v) is 28.7. The second kappa shape index (κ2) is 15.7. The third-order valence-electron chi connectivity index (χ3n) is 8.48. The smallest absolute Gasteiger partial charge is 0.408 e. The number of benzene rings is 1. The molecule has 5 atom stereocenters. The number of likely N-dealkylation sites (tertiary alicyclic amines) is 1. The highest BCUT2D eigenvalue weighted by atomic mass is 16.6.